The number of nitrogens with one attached hydrogen (secondary N) is 1. The van der Waals surface area contributed by atoms with Crippen molar-refractivity contribution in [2.24, 2.45) is 11.3 Å². The maximum absolute atomic E-state index is 11.1. The van der Waals surface area contributed by atoms with Gasteiger partial charge in [-0.3, -0.25) is 4.79 Å². The molecule has 16 heavy (non-hydrogen) atoms. The number of carboxylic acids is 1. The number of rotatable bonds is 6. The van der Waals surface area contributed by atoms with E-state index in [-0.39, 0.29) is 12.0 Å². The molecule has 2 aliphatic rings. The van der Waals surface area contributed by atoms with Crippen LogP contribution in [0, 0.1) is 11.3 Å². The summed E-state index contributed by atoms with van der Waals surface area (Å²) in [4.78, 5) is 11.1. The van der Waals surface area contributed by atoms with Crippen LogP contribution in [0.25, 0.3) is 0 Å². The lowest BCUT2D eigenvalue weighted by atomic mass is 9.87. The van der Waals surface area contributed by atoms with Crippen LogP contribution in [0.15, 0.2) is 0 Å². The van der Waals surface area contributed by atoms with Gasteiger partial charge in [0, 0.05) is 18.6 Å². The molecule has 0 aliphatic heterocycles. The van der Waals surface area contributed by atoms with Gasteiger partial charge in [0.25, 0.3) is 0 Å². The Labute approximate surface area is 96.0 Å². The molecule has 4 heteroatoms. The van der Waals surface area contributed by atoms with Gasteiger partial charge in [0.1, 0.15) is 6.04 Å². The van der Waals surface area contributed by atoms with Crippen molar-refractivity contribution in [3.63, 3.8) is 0 Å². The third-order valence-electron chi connectivity index (χ3n) is 4.06. The Morgan fingerprint density at radius 1 is 1.38 bits per heavy atom. The summed E-state index contributed by atoms with van der Waals surface area (Å²) in [5.74, 6) is -0.428. The SMILES string of the molecule is O=C(O)C(NCC1(CO)CCCC1)C1CC1. The zero-order valence-electron chi connectivity index (χ0n) is 9.61. The van der Waals surface area contributed by atoms with Crippen molar-refractivity contribution >= 4 is 5.97 Å². The van der Waals surface area contributed by atoms with E-state index in [1.807, 2.05) is 0 Å². The molecule has 2 saturated carbocycles. The summed E-state index contributed by atoms with van der Waals surface area (Å²) in [6.45, 7) is 0.827. The summed E-state index contributed by atoms with van der Waals surface area (Å²) in [5.41, 5.74) is -0.0530. The first-order valence-electron chi connectivity index (χ1n) is 6.24. The monoisotopic (exact) mass is 227 g/mol. The number of aliphatic carboxylic acids is 1. The van der Waals surface area contributed by atoms with E-state index in [0.717, 1.165) is 38.5 Å². The maximum atomic E-state index is 11.1. The third-order valence-corrected chi connectivity index (χ3v) is 4.06. The maximum Gasteiger partial charge on any atom is 0.320 e. The number of aliphatic hydroxyl groups is 1. The Balaban J connectivity index is 1.86. The fourth-order valence-electron chi connectivity index (χ4n) is 2.73. The molecule has 0 saturated heterocycles. The van der Waals surface area contributed by atoms with Gasteiger partial charge in [0.05, 0.1) is 0 Å². The molecule has 1 unspecified atom stereocenters. The van der Waals surface area contributed by atoms with Gasteiger partial charge in [0.2, 0.25) is 0 Å². The van der Waals surface area contributed by atoms with Crippen molar-refractivity contribution in [2.45, 2.75) is 44.6 Å². The summed E-state index contributed by atoms with van der Waals surface area (Å²) in [5, 5.41) is 21.7. The number of aliphatic hydroxyl groups excluding tert-OH is 1. The molecule has 0 amide bonds. The fraction of sp³-hybridized carbons (Fsp3) is 0.917. The second-order valence-electron chi connectivity index (χ2n) is 5.40. The van der Waals surface area contributed by atoms with Crippen LogP contribution < -0.4 is 5.32 Å². The lowest BCUT2D eigenvalue weighted by molar-refractivity contribution is -0.140. The molecule has 2 fully saturated rings. The van der Waals surface area contributed by atoms with Gasteiger partial charge in [-0.2, -0.15) is 0 Å². The summed E-state index contributed by atoms with van der Waals surface area (Å²) < 4.78 is 0. The third kappa shape index (κ3) is 2.55. The molecule has 0 aromatic heterocycles. The molecule has 0 bridgehead atoms. The lowest BCUT2D eigenvalue weighted by Crippen LogP contribution is -2.45. The minimum absolute atomic E-state index is 0.0530. The van der Waals surface area contributed by atoms with Gasteiger partial charge < -0.3 is 15.5 Å². The largest absolute Gasteiger partial charge is 0.480 e. The Bertz CT molecular complexity index is 257. The van der Waals surface area contributed by atoms with E-state index in [1.165, 1.54) is 0 Å². The van der Waals surface area contributed by atoms with Crippen LogP contribution in [0.3, 0.4) is 0 Å². The molecule has 0 heterocycles. The number of carboxylic acid groups (broad SMARTS) is 1. The normalized spacial score (nSPS) is 25.6. The Kier molecular flexibility index (Phi) is 3.50. The molecule has 0 aromatic rings. The zero-order chi connectivity index (χ0) is 11.6. The van der Waals surface area contributed by atoms with Crippen LogP contribution in [0.1, 0.15) is 38.5 Å². The van der Waals surface area contributed by atoms with E-state index >= 15 is 0 Å². The van der Waals surface area contributed by atoms with E-state index in [9.17, 15) is 9.90 Å². The second-order valence-corrected chi connectivity index (χ2v) is 5.40. The molecule has 0 spiro atoms. The van der Waals surface area contributed by atoms with Crippen molar-refractivity contribution in [1.29, 1.82) is 0 Å². The van der Waals surface area contributed by atoms with Crippen LogP contribution >= 0.6 is 0 Å². The number of carbonyl (C=O) groups is 1. The molecule has 3 N–H and O–H groups in total. The highest BCUT2D eigenvalue weighted by Crippen LogP contribution is 2.38. The molecule has 92 valence electrons. The van der Waals surface area contributed by atoms with Crippen molar-refractivity contribution in [1.82, 2.24) is 5.32 Å². The van der Waals surface area contributed by atoms with Crippen molar-refractivity contribution in [2.75, 3.05) is 13.2 Å². The highest BCUT2D eigenvalue weighted by atomic mass is 16.4. The van der Waals surface area contributed by atoms with Crippen LogP contribution in [0.2, 0.25) is 0 Å². The average molecular weight is 227 g/mol. The van der Waals surface area contributed by atoms with Gasteiger partial charge in [0.15, 0.2) is 0 Å². The molecule has 1 atom stereocenters. The molecular weight excluding hydrogens is 206 g/mol. The first-order chi connectivity index (χ1) is 7.67. The molecule has 2 aliphatic carbocycles. The van der Waals surface area contributed by atoms with Crippen LogP contribution in [-0.4, -0.2) is 35.4 Å². The molecule has 0 aromatic carbocycles. The summed E-state index contributed by atoms with van der Waals surface area (Å²) in [6.07, 6.45) is 6.40. The van der Waals surface area contributed by atoms with Gasteiger partial charge in [-0.05, 0) is 31.6 Å². The molecule has 0 radical (unpaired) electrons. The fourth-order valence-corrected chi connectivity index (χ4v) is 2.73. The van der Waals surface area contributed by atoms with Crippen LogP contribution in [0.5, 0.6) is 0 Å². The summed E-state index contributed by atoms with van der Waals surface area (Å²) in [6, 6.07) is -0.399. The highest BCUT2D eigenvalue weighted by molar-refractivity contribution is 5.74. The number of hydrogen-bond donors (Lipinski definition) is 3. The second kappa shape index (κ2) is 4.72. The van der Waals surface area contributed by atoms with E-state index < -0.39 is 12.0 Å². The van der Waals surface area contributed by atoms with Crippen molar-refractivity contribution in [3.05, 3.63) is 0 Å². The number of hydrogen-bond acceptors (Lipinski definition) is 3. The topological polar surface area (TPSA) is 69.6 Å². The van der Waals surface area contributed by atoms with Crippen LogP contribution in [0.4, 0.5) is 0 Å². The van der Waals surface area contributed by atoms with E-state index in [1.54, 1.807) is 0 Å². The minimum atomic E-state index is -0.742. The van der Waals surface area contributed by atoms with E-state index in [0.29, 0.717) is 12.5 Å². The molecule has 2 rings (SSSR count). The standard InChI is InChI=1S/C12H21NO3/c14-8-12(5-1-2-6-12)7-13-10(11(15)16)9-3-4-9/h9-10,13-14H,1-8H2,(H,15,16). The van der Waals surface area contributed by atoms with Gasteiger partial charge in [-0.15, -0.1) is 0 Å². The highest BCUT2D eigenvalue weighted by Gasteiger charge is 2.39. The smallest absolute Gasteiger partial charge is 0.320 e. The first-order valence-corrected chi connectivity index (χ1v) is 6.24. The van der Waals surface area contributed by atoms with Crippen molar-refractivity contribution in [3.8, 4) is 0 Å². The zero-order valence-corrected chi connectivity index (χ0v) is 9.61. The first kappa shape index (κ1) is 11.9. The van der Waals surface area contributed by atoms with E-state index in [2.05, 4.69) is 5.32 Å². The average Bonchev–Trinajstić information content (AvgIpc) is 2.97. The Morgan fingerprint density at radius 3 is 2.44 bits per heavy atom. The summed E-state index contributed by atoms with van der Waals surface area (Å²) in [7, 11) is 0. The predicted octanol–water partition coefficient (Wildman–Crippen LogP) is 0.992. The van der Waals surface area contributed by atoms with Crippen molar-refractivity contribution < 1.29 is 15.0 Å². The quantitative estimate of drug-likeness (QED) is 0.633. The Morgan fingerprint density at radius 2 is 2.00 bits per heavy atom. The van der Waals surface area contributed by atoms with Crippen LogP contribution in [-0.2, 0) is 4.79 Å². The van der Waals surface area contributed by atoms with Gasteiger partial charge in [-0.1, -0.05) is 12.8 Å². The predicted molar refractivity (Wildman–Crippen MR) is 60.1 cm³/mol. The van der Waals surface area contributed by atoms with Gasteiger partial charge in [-0.25, -0.2) is 0 Å². The summed E-state index contributed by atoms with van der Waals surface area (Å²) >= 11 is 0. The lowest BCUT2D eigenvalue weighted by Gasteiger charge is -2.28. The molecular formula is C12H21NO3. The molecule has 4 nitrogen and oxygen atoms in total. The van der Waals surface area contributed by atoms with Gasteiger partial charge >= 0.3 is 5.97 Å². The van der Waals surface area contributed by atoms with E-state index in [4.69, 9.17) is 5.11 Å². The minimum Gasteiger partial charge on any atom is -0.480 e. The Hall–Kier alpha value is -0.610.